The van der Waals surface area contributed by atoms with Crippen molar-refractivity contribution in [2.75, 3.05) is 0 Å². The zero-order chi connectivity index (χ0) is 16.3. The van der Waals surface area contributed by atoms with Crippen molar-refractivity contribution < 1.29 is 9.53 Å². The van der Waals surface area contributed by atoms with Crippen LogP contribution in [0.4, 0.5) is 4.79 Å². The van der Waals surface area contributed by atoms with Gasteiger partial charge in [-0.3, -0.25) is 0 Å². The van der Waals surface area contributed by atoms with Crippen LogP contribution in [0, 0.1) is 11.3 Å². The fourth-order valence-electron chi connectivity index (χ4n) is 1.83. The first-order valence-corrected chi connectivity index (χ1v) is 7.85. The number of rotatable bonds is 2. The first-order chi connectivity index (χ1) is 10.3. The molecule has 2 rings (SSSR count). The van der Waals surface area contributed by atoms with E-state index in [0.29, 0.717) is 22.3 Å². The molecule has 0 saturated carbocycles. The molecular weight excluding hydrogens is 346 g/mol. The second-order valence-corrected chi connectivity index (χ2v) is 6.30. The number of aromatic nitrogens is 2. The van der Waals surface area contributed by atoms with E-state index in [-0.39, 0.29) is 0 Å². The Balaban J connectivity index is 2.35. The summed E-state index contributed by atoms with van der Waals surface area (Å²) in [6, 6.07) is 10.9. The van der Waals surface area contributed by atoms with Crippen molar-refractivity contribution in [2.45, 2.75) is 31.7 Å². The minimum absolute atomic E-state index is 0.482. The molecule has 0 aliphatic heterocycles. The molecule has 0 fully saturated rings. The van der Waals surface area contributed by atoms with Crippen LogP contribution < -0.4 is 0 Å². The average molecular weight is 362 g/mol. The fraction of sp³-hybridized carbons (Fsp3) is 0.312. The largest absolute Gasteiger partial charge is 0.442 e. The van der Waals surface area contributed by atoms with E-state index in [0.717, 1.165) is 5.56 Å². The topological polar surface area (TPSA) is 67.9 Å². The minimum Gasteiger partial charge on any atom is -0.442 e. The van der Waals surface area contributed by atoms with Crippen LogP contribution >= 0.6 is 15.9 Å². The highest BCUT2D eigenvalue weighted by atomic mass is 79.9. The number of ether oxygens (including phenoxy) is 1. The molecule has 1 aromatic carbocycles. The van der Waals surface area contributed by atoms with E-state index in [2.05, 4.69) is 27.1 Å². The molecule has 0 bridgehead atoms. The number of hydrogen-bond donors (Lipinski definition) is 0. The maximum absolute atomic E-state index is 12.2. The van der Waals surface area contributed by atoms with Gasteiger partial charge in [0.05, 0.1) is 23.0 Å². The lowest BCUT2D eigenvalue weighted by Crippen LogP contribution is -2.28. The van der Waals surface area contributed by atoms with Crippen LogP contribution in [0.5, 0.6) is 0 Å². The molecule has 0 saturated heterocycles. The normalized spacial score (nSPS) is 11.0. The third-order valence-electron chi connectivity index (χ3n) is 2.80. The molecule has 6 heteroatoms. The summed E-state index contributed by atoms with van der Waals surface area (Å²) in [5, 5.41) is 13.6. The van der Waals surface area contributed by atoms with Gasteiger partial charge in [-0.05, 0) is 39.0 Å². The number of hydrogen-bond acceptors (Lipinski definition) is 4. The lowest BCUT2D eigenvalue weighted by atomic mass is 10.1. The summed E-state index contributed by atoms with van der Waals surface area (Å²) in [4.78, 5) is 12.2. The predicted molar refractivity (Wildman–Crippen MR) is 86.6 cm³/mol. The van der Waals surface area contributed by atoms with Crippen molar-refractivity contribution in [1.29, 1.82) is 5.26 Å². The minimum atomic E-state index is -0.582. The second-order valence-electron chi connectivity index (χ2n) is 5.74. The Hall–Kier alpha value is -2.13. The van der Waals surface area contributed by atoms with Crippen LogP contribution in [0.15, 0.2) is 30.3 Å². The molecule has 0 spiro atoms. The van der Waals surface area contributed by atoms with Gasteiger partial charge in [-0.15, -0.1) is 0 Å². The Morgan fingerprint density at radius 1 is 1.36 bits per heavy atom. The molecule has 0 aliphatic rings. The number of carbonyl (C=O) groups excluding carboxylic acids is 1. The third-order valence-corrected chi connectivity index (χ3v) is 3.37. The monoisotopic (exact) mass is 361 g/mol. The number of carbonyl (C=O) groups is 1. The lowest BCUT2D eigenvalue weighted by molar-refractivity contribution is 0.0511. The predicted octanol–water partition coefficient (Wildman–Crippen LogP) is 4.10. The number of nitriles is 1. The van der Waals surface area contributed by atoms with E-state index < -0.39 is 11.7 Å². The van der Waals surface area contributed by atoms with Crippen molar-refractivity contribution in [2.24, 2.45) is 0 Å². The molecular formula is C16H16BrN3O2. The molecule has 0 radical (unpaired) electrons. The summed E-state index contributed by atoms with van der Waals surface area (Å²) in [6.07, 6.45) is -0.512. The summed E-state index contributed by atoms with van der Waals surface area (Å²) in [6.45, 7) is 5.43. The molecule has 5 nitrogen and oxygen atoms in total. The Bertz CT molecular complexity index is 721. The van der Waals surface area contributed by atoms with Crippen molar-refractivity contribution in [3.05, 3.63) is 41.6 Å². The van der Waals surface area contributed by atoms with Crippen LogP contribution in [0.1, 0.15) is 32.0 Å². The summed E-state index contributed by atoms with van der Waals surface area (Å²) < 4.78 is 6.61. The van der Waals surface area contributed by atoms with E-state index >= 15 is 0 Å². The van der Waals surface area contributed by atoms with E-state index in [4.69, 9.17) is 10.00 Å². The van der Waals surface area contributed by atoms with Crippen molar-refractivity contribution in [3.63, 3.8) is 0 Å². The van der Waals surface area contributed by atoms with Crippen LogP contribution in [0.3, 0.4) is 0 Å². The van der Waals surface area contributed by atoms with Gasteiger partial charge in [0.1, 0.15) is 5.60 Å². The Morgan fingerprint density at radius 2 is 2.00 bits per heavy atom. The number of benzene rings is 1. The number of halogens is 1. The van der Waals surface area contributed by atoms with Gasteiger partial charge in [-0.25, -0.2) is 4.79 Å². The Kier molecular flexibility index (Phi) is 4.67. The SMILES string of the molecule is CC(C)(C)OC(=O)n1nc(-c2ccc(C#N)cc2)cc1CBr. The lowest BCUT2D eigenvalue weighted by Gasteiger charge is -2.19. The summed E-state index contributed by atoms with van der Waals surface area (Å²) in [5.74, 6) is 0. The van der Waals surface area contributed by atoms with Gasteiger partial charge in [0.2, 0.25) is 0 Å². The Labute approximate surface area is 137 Å². The molecule has 1 heterocycles. The van der Waals surface area contributed by atoms with E-state index in [1.807, 2.05) is 26.8 Å². The second kappa shape index (κ2) is 6.32. The number of alkyl halides is 1. The van der Waals surface area contributed by atoms with Gasteiger partial charge in [0, 0.05) is 10.9 Å². The smallest absolute Gasteiger partial charge is 0.435 e. The molecule has 22 heavy (non-hydrogen) atoms. The van der Waals surface area contributed by atoms with Gasteiger partial charge in [-0.2, -0.15) is 15.0 Å². The van der Waals surface area contributed by atoms with Crippen molar-refractivity contribution >= 4 is 22.0 Å². The first-order valence-electron chi connectivity index (χ1n) is 6.73. The van der Waals surface area contributed by atoms with Gasteiger partial charge >= 0.3 is 6.09 Å². The molecule has 2 aromatic rings. The number of nitrogens with zero attached hydrogens (tertiary/aromatic N) is 3. The van der Waals surface area contributed by atoms with Crippen LogP contribution in [0.2, 0.25) is 0 Å². The third kappa shape index (κ3) is 3.74. The van der Waals surface area contributed by atoms with E-state index in [1.165, 1.54) is 4.68 Å². The standard InChI is InChI=1S/C16H16BrN3O2/c1-16(2,3)22-15(21)20-13(9-17)8-14(19-20)12-6-4-11(10-18)5-7-12/h4-8H,9H2,1-3H3. The van der Waals surface area contributed by atoms with E-state index in [9.17, 15) is 4.79 Å². The van der Waals surface area contributed by atoms with Crippen LogP contribution in [-0.4, -0.2) is 21.5 Å². The first kappa shape index (κ1) is 16.2. The zero-order valence-corrected chi connectivity index (χ0v) is 14.2. The van der Waals surface area contributed by atoms with Gasteiger partial charge in [0.15, 0.2) is 0 Å². The van der Waals surface area contributed by atoms with Gasteiger partial charge in [0.25, 0.3) is 0 Å². The molecule has 0 amide bonds. The Morgan fingerprint density at radius 3 is 2.50 bits per heavy atom. The highest BCUT2D eigenvalue weighted by Crippen LogP contribution is 2.22. The summed E-state index contributed by atoms with van der Waals surface area (Å²) in [5.41, 5.74) is 2.19. The molecule has 0 unspecified atom stereocenters. The zero-order valence-electron chi connectivity index (χ0n) is 12.6. The molecule has 0 atom stereocenters. The maximum atomic E-state index is 12.2. The van der Waals surface area contributed by atoms with Crippen molar-refractivity contribution in [3.8, 4) is 17.3 Å². The fourth-order valence-corrected chi connectivity index (χ4v) is 2.23. The maximum Gasteiger partial charge on any atom is 0.435 e. The van der Waals surface area contributed by atoms with E-state index in [1.54, 1.807) is 24.3 Å². The molecule has 114 valence electrons. The van der Waals surface area contributed by atoms with Gasteiger partial charge < -0.3 is 4.74 Å². The highest BCUT2D eigenvalue weighted by molar-refractivity contribution is 9.08. The molecule has 1 aromatic heterocycles. The van der Waals surface area contributed by atoms with Crippen LogP contribution in [-0.2, 0) is 10.1 Å². The quantitative estimate of drug-likeness (QED) is 0.755. The molecule has 0 N–H and O–H groups in total. The van der Waals surface area contributed by atoms with Gasteiger partial charge in [-0.1, -0.05) is 28.1 Å². The average Bonchev–Trinajstić information content (AvgIpc) is 2.90. The summed E-state index contributed by atoms with van der Waals surface area (Å²) >= 11 is 3.35. The van der Waals surface area contributed by atoms with Crippen molar-refractivity contribution in [1.82, 2.24) is 9.78 Å². The van der Waals surface area contributed by atoms with Crippen LogP contribution in [0.25, 0.3) is 11.3 Å². The molecule has 0 aliphatic carbocycles. The highest BCUT2D eigenvalue weighted by Gasteiger charge is 2.21. The summed E-state index contributed by atoms with van der Waals surface area (Å²) in [7, 11) is 0.